The monoisotopic (exact) mass is 644 g/mol. The molecule has 0 aliphatic heterocycles. The van der Waals surface area contributed by atoms with Crippen molar-refractivity contribution in [1.82, 2.24) is 0 Å². The predicted molar refractivity (Wildman–Crippen MR) is 208 cm³/mol. The Balaban J connectivity index is 1.32. The van der Waals surface area contributed by atoms with E-state index in [0.717, 1.165) is 31.3 Å². The highest BCUT2D eigenvalue weighted by molar-refractivity contribution is 7.25. The van der Waals surface area contributed by atoms with Gasteiger partial charge in [-0.1, -0.05) is 127 Å². The molecule has 1 nitrogen and oxygen atoms in total. The number of fused-ring (bicyclic) bond motifs is 4. The Bertz CT molecular complexity index is 3360. The zero-order valence-electron chi connectivity index (χ0n) is 40.1. The maximum Gasteiger partial charge on any atom is 0.0645 e. The molecule has 226 valence electrons. The lowest BCUT2D eigenvalue weighted by Crippen LogP contribution is -2.10. The minimum Gasteiger partial charge on any atom is -0.310 e. The van der Waals surface area contributed by atoms with Gasteiger partial charge in [-0.05, 0) is 105 Å². The van der Waals surface area contributed by atoms with Crippen LogP contribution >= 0.6 is 11.3 Å². The normalized spacial score (nSPS) is 15.7. The van der Waals surface area contributed by atoms with Gasteiger partial charge in [-0.15, -0.1) is 11.3 Å². The van der Waals surface area contributed by atoms with Crippen LogP contribution in [0.25, 0.3) is 64.3 Å². The maximum absolute atomic E-state index is 9.56. The van der Waals surface area contributed by atoms with Crippen LogP contribution in [-0.2, 0) is 0 Å². The second-order valence-corrected chi connectivity index (χ2v) is 12.1. The highest BCUT2D eigenvalue weighted by Crippen LogP contribution is 2.42. The summed E-state index contributed by atoms with van der Waals surface area (Å²) in [5.41, 5.74) is 0.436. The smallest absolute Gasteiger partial charge is 0.0645 e. The van der Waals surface area contributed by atoms with E-state index in [-0.39, 0.29) is 5.69 Å². The molecule has 8 aromatic carbocycles. The summed E-state index contributed by atoms with van der Waals surface area (Å²) in [6, 6.07) is 20.1. The van der Waals surface area contributed by atoms with E-state index < -0.39 is 124 Å². The number of thiophene rings is 1. The van der Waals surface area contributed by atoms with E-state index in [1.54, 1.807) is 22.3 Å². The van der Waals surface area contributed by atoms with Gasteiger partial charge in [0.2, 0.25) is 0 Å². The third-order valence-electron chi connectivity index (χ3n) is 8.04. The van der Waals surface area contributed by atoms with Crippen molar-refractivity contribution in [2.75, 3.05) is 4.90 Å². The van der Waals surface area contributed by atoms with Crippen molar-refractivity contribution in [3.63, 3.8) is 0 Å². The van der Waals surface area contributed by atoms with Crippen molar-refractivity contribution in [1.29, 1.82) is 0 Å². The number of benzene rings is 8. The predicted octanol–water partition coefficient (Wildman–Crippen LogP) is 13.7. The fraction of sp³-hybridized carbons (Fsp3) is 0. The first-order chi connectivity index (χ1) is 30.0. The van der Waals surface area contributed by atoms with Crippen LogP contribution in [0.3, 0.4) is 0 Å². The van der Waals surface area contributed by atoms with Gasteiger partial charge in [0.25, 0.3) is 0 Å². The fourth-order valence-corrected chi connectivity index (χ4v) is 6.84. The van der Waals surface area contributed by atoms with Crippen molar-refractivity contribution in [2.45, 2.75) is 0 Å². The first kappa shape index (κ1) is 16.7. The molecule has 0 atom stereocenters. The van der Waals surface area contributed by atoms with Crippen molar-refractivity contribution in [2.24, 2.45) is 0 Å². The van der Waals surface area contributed by atoms with Gasteiger partial charge in [-0.3, -0.25) is 0 Å². The molecule has 0 saturated heterocycles. The Kier molecular flexibility index (Phi) is 4.19. The Morgan fingerprint density at radius 2 is 1.04 bits per heavy atom. The van der Waals surface area contributed by atoms with Crippen molar-refractivity contribution < 1.29 is 20.6 Å². The van der Waals surface area contributed by atoms with E-state index in [2.05, 4.69) is 0 Å². The van der Waals surface area contributed by atoms with E-state index in [0.29, 0.717) is 11.4 Å². The second kappa shape index (κ2) is 12.0. The number of hydrogen-bond acceptors (Lipinski definition) is 2. The number of anilines is 3. The molecule has 0 bridgehead atoms. The summed E-state index contributed by atoms with van der Waals surface area (Å²) >= 11 is 1.61. The van der Waals surface area contributed by atoms with Gasteiger partial charge < -0.3 is 4.90 Å². The highest BCUT2D eigenvalue weighted by Gasteiger charge is 2.16. The molecule has 0 saturated carbocycles. The minimum atomic E-state index is -0.759. The number of hydrogen-bond donors (Lipinski definition) is 0. The Morgan fingerprint density at radius 1 is 0.396 bits per heavy atom. The standard InChI is InChI=1S/C46H31NS/c1-3-10-32(11-4-1)36-14-9-15-41(30-36)47(42-26-27-46-44(31-42)43-16-7-8-17-45(43)48-46)40-24-22-34(23-25-40)38-21-19-35-18-20-37(28-39(35)29-38)33-12-5-2-6-13-33/h1-31H/i2D,5D,6D,12D,13D,18D,19D,20D,21D,22D,23D,24D,25D,28D,29D. The highest BCUT2D eigenvalue weighted by atomic mass is 32.1. The van der Waals surface area contributed by atoms with Crippen LogP contribution in [0.1, 0.15) is 20.6 Å². The first-order valence-electron chi connectivity index (χ1n) is 22.6. The summed E-state index contributed by atoms with van der Waals surface area (Å²) in [4.78, 5) is 1.64. The fourth-order valence-electron chi connectivity index (χ4n) is 5.76. The lowest BCUT2D eigenvalue weighted by atomic mass is 9.97. The summed E-state index contributed by atoms with van der Waals surface area (Å²) in [7, 11) is 0. The molecule has 2 heteroatoms. The quantitative estimate of drug-likeness (QED) is 0.174. The van der Waals surface area contributed by atoms with Gasteiger partial charge in [0, 0.05) is 37.2 Å². The number of nitrogens with zero attached hydrogens (tertiary/aromatic N) is 1. The molecule has 1 heterocycles. The first-order valence-corrected chi connectivity index (χ1v) is 15.9. The third-order valence-corrected chi connectivity index (χ3v) is 9.19. The van der Waals surface area contributed by atoms with Crippen LogP contribution in [0.15, 0.2) is 188 Å². The molecular weight excluding hydrogens is 599 g/mol. The SMILES string of the molecule is [2H]c1c([2H])c([2H])c(-c2c([2H])c([2H])c3c([2H])c([2H])c(-c4c([2H])c([2H])c(N(c5cccc(-c6ccccc6)c5)c5ccc6sc7ccccc7c6c5)c([2H])c4[2H])c([2H])c3c2[2H])c([2H])c1[2H]. The van der Waals surface area contributed by atoms with E-state index in [9.17, 15) is 8.22 Å². The molecule has 9 rings (SSSR count). The minimum absolute atomic E-state index is 0.139. The second-order valence-electron chi connectivity index (χ2n) is 11.0. The molecule has 0 N–H and O–H groups in total. The molecular formula is C46H31NS. The maximum atomic E-state index is 9.56. The van der Waals surface area contributed by atoms with Crippen molar-refractivity contribution >= 4 is 59.3 Å². The van der Waals surface area contributed by atoms with Gasteiger partial charge in [-0.25, -0.2) is 0 Å². The third kappa shape index (κ3) is 5.23. The summed E-state index contributed by atoms with van der Waals surface area (Å²) in [6.45, 7) is 0. The van der Waals surface area contributed by atoms with Gasteiger partial charge in [0.05, 0.1) is 20.6 Å². The summed E-state index contributed by atoms with van der Waals surface area (Å²) in [5, 5.41) is 0.954. The van der Waals surface area contributed by atoms with E-state index in [4.69, 9.17) is 12.3 Å². The molecule has 0 radical (unpaired) electrons. The van der Waals surface area contributed by atoms with Crippen LogP contribution in [0.5, 0.6) is 0 Å². The van der Waals surface area contributed by atoms with E-state index in [1.807, 2.05) is 91.0 Å². The Morgan fingerprint density at radius 3 is 1.83 bits per heavy atom. The average molecular weight is 645 g/mol. The molecule has 0 fully saturated rings. The van der Waals surface area contributed by atoms with Crippen LogP contribution in [0.4, 0.5) is 17.1 Å². The van der Waals surface area contributed by atoms with Crippen molar-refractivity contribution in [3.05, 3.63) is 188 Å². The van der Waals surface area contributed by atoms with Gasteiger partial charge >= 0.3 is 0 Å². The van der Waals surface area contributed by atoms with E-state index in [1.165, 1.54) is 0 Å². The van der Waals surface area contributed by atoms with Gasteiger partial charge in [0.1, 0.15) is 0 Å². The molecule has 0 spiro atoms. The number of rotatable bonds is 6. The zero-order chi connectivity index (χ0) is 44.9. The molecule has 9 aromatic rings. The van der Waals surface area contributed by atoms with Crippen LogP contribution in [-0.4, -0.2) is 0 Å². The van der Waals surface area contributed by atoms with Gasteiger partial charge in [-0.2, -0.15) is 0 Å². The van der Waals surface area contributed by atoms with E-state index >= 15 is 0 Å². The summed E-state index contributed by atoms with van der Waals surface area (Å²) in [6.07, 6.45) is 0. The van der Waals surface area contributed by atoms with Crippen LogP contribution < -0.4 is 4.90 Å². The lowest BCUT2D eigenvalue weighted by Gasteiger charge is -2.26. The lowest BCUT2D eigenvalue weighted by molar-refractivity contribution is 1.29. The summed E-state index contributed by atoms with van der Waals surface area (Å²) < 4.78 is 136. The average Bonchev–Trinajstić information content (AvgIpc) is 3.66. The zero-order valence-corrected chi connectivity index (χ0v) is 25.9. The largest absolute Gasteiger partial charge is 0.310 e. The Hall–Kier alpha value is -5.96. The molecule has 0 aliphatic rings. The molecule has 1 aromatic heterocycles. The molecule has 0 unspecified atom stereocenters. The van der Waals surface area contributed by atoms with Crippen LogP contribution in [0.2, 0.25) is 0 Å². The topological polar surface area (TPSA) is 3.24 Å². The molecule has 48 heavy (non-hydrogen) atoms. The molecule has 0 amide bonds. The molecule has 0 aliphatic carbocycles. The van der Waals surface area contributed by atoms with Gasteiger partial charge in [0.15, 0.2) is 0 Å². The van der Waals surface area contributed by atoms with Crippen molar-refractivity contribution in [3.8, 4) is 33.4 Å². The summed E-state index contributed by atoms with van der Waals surface area (Å²) in [5.74, 6) is 0. The van der Waals surface area contributed by atoms with Crippen LogP contribution in [0, 0.1) is 0 Å². The Labute approximate surface area is 305 Å².